The molecule has 5 heteroatoms. The minimum absolute atomic E-state index is 0.180. The highest BCUT2D eigenvalue weighted by Gasteiger charge is 2.13. The number of carboxylic acids is 1. The standard InChI is InChI=1S/C12H11N3O2/c1-7-10(6-14-12(13)15-7)8-4-2-3-5-9(8)11(16)17/h2-6H,1H3,(H,16,17)(H2,13,14,15). The monoisotopic (exact) mass is 229 g/mol. The zero-order chi connectivity index (χ0) is 12.4. The molecule has 0 spiro atoms. The normalized spacial score (nSPS) is 10.2. The van der Waals surface area contributed by atoms with Crippen LogP contribution >= 0.6 is 0 Å². The predicted molar refractivity (Wildman–Crippen MR) is 63.6 cm³/mol. The Morgan fingerprint density at radius 3 is 2.65 bits per heavy atom. The largest absolute Gasteiger partial charge is 0.478 e. The maximum absolute atomic E-state index is 11.1. The molecule has 1 aromatic carbocycles. The number of aryl methyl sites for hydroxylation is 1. The summed E-state index contributed by atoms with van der Waals surface area (Å²) in [5, 5.41) is 9.11. The Morgan fingerprint density at radius 2 is 2.00 bits per heavy atom. The van der Waals surface area contributed by atoms with Crippen LogP contribution < -0.4 is 5.73 Å². The van der Waals surface area contributed by atoms with Crippen molar-refractivity contribution in [1.82, 2.24) is 9.97 Å². The van der Waals surface area contributed by atoms with Crippen molar-refractivity contribution in [1.29, 1.82) is 0 Å². The molecule has 0 amide bonds. The Kier molecular flexibility index (Phi) is 2.74. The number of anilines is 1. The Hall–Kier alpha value is -2.43. The average molecular weight is 229 g/mol. The number of carbonyl (C=O) groups is 1. The van der Waals surface area contributed by atoms with Crippen molar-refractivity contribution in [3.05, 3.63) is 41.7 Å². The van der Waals surface area contributed by atoms with E-state index in [1.165, 1.54) is 0 Å². The molecule has 2 aromatic rings. The number of carboxylic acid groups (broad SMARTS) is 1. The van der Waals surface area contributed by atoms with Gasteiger partial charge in [-0.15, -0.1) is 0 Å². The maximum Gasteiger partial charge on any atom is 0.336 e. The van der Waals surface area contributed by atoms with Crippen LogP contribution in [-0.2, 0) is 0 Å². The van der Waals surface area contributed by atoms with E-state index >= 15 is 0 Å². The zero-order valence-corrected chi connectivity index (χ0v) is 9.21. The van der Waals surface area contributed by atoms with E-state index in [1.54, 1.807) is 37.4 Å². The average Bonchev–Trinajstić information content (AvgIpc) is 2.29. The lowest BCUT2D eigenvalue weighted by atomic mass is 10.00. The highest BCUT2D eigenvalue weighted by Crippen LogP contribution is 2.25. The van der Waals surface area contributed by atoms with Crippen LogP contribution in [0.2, 0.25) is 0 Å². The molecule has 86 valence electrons. The van der Waals surface area contributed by atoms with Gasteiger partial charge in [0.05, 0.1) is 11.3 Å². The third-order valence-electron chi connectivity index (χ3n) is 2.45. The summed E-state index contributed by atoms with van der Waals surface area (Å²) < 4.78 is 0. The van der Waals surface area contributed by atoms with E-state index < -0.39 is 5.97 Å². The van der Waals surface area contributed by atoms with Gasteiger partial charge >= 0.3 is 5.97 Å². The minimum Gasteiger partial charge on any atom is -0.478 e. The number of nitrogens with zero attached hydrogens (tertiary/aromatic N) is 2. The SMILES string of the molecule is Cc1nc(N)ncc1-c1ccccc1C(=O)O. The molecule has 0 aliphatic rings. The van der Waals surface area contributed by atoms with Crippen LogP contribution in [0, 0.1) is 6.92 Å². The molecule has 0 radical (unpaired) electrons. The lowest BCUT2D eigenvalue weighted by Crippen LogP contribution is -2.02. The van der Waals surface area contributed by atoms with Crippen molar-refractivity contribution in [3.8, 4) is 11.1 Å². The highest BCUT2D eigenvalue weighted by atomic mass is 16.4. The molecule has 0 aliphatic heterocycles. The van der Waals surface area contributed by atoms with Gasteiger partial charge in [0.15, 0.2) is 0 Å². The van der Waals surface area contributed by atoms with Crippen LogP contribution in [0.1, 0.15) is 16.1 Å². The molecule has 0 aliphatic carbocycles. The molecule has 0 atom stereocenters. The van der Waals surface area contributed by atoms with Gasteiger partial charge < -0.3 is 10.8 Å². The van der Waals surface area contributed by atoms with E-state index in [-0.39, 0.29) is 11.5 Å². The highest BCUT2D eigenvalue weighted by molar-refractivity contribution is 5.96. The van der Waals surface area contributed by atoms with E-state index in [0.717, 1.165) is 0 Å². The van der Waals surface area contributed by atoms with Gasteiger partial charge in [0.2, 0.25) is 5.95 Å². The van der Waals surface area contributed by atoms with Gasteiger partial charge in [-0.3, -0.25) is 0 Å². The van der Waals surface area contributed by atoms with Crippen LogP contribution in [0.15, 0.2) is 30.5 Å². The van der Waals surface area contributed by atoms with E-state index in [2.05, 4.69) is 9.97 Å². The number of benzene rings is 1. The quantitative estimate of drug-likeness (QED) is 0.818. The summed E-state index contributed by atoms with van der Waals surface area (Å²) in [6.07, 6.45) is 1.54. The summed E-state index contributed by atoms with van der Waals surface area (Å²) in [6, 6.07) is 6.73. The van der Waals surface area contributed by atoms with E-state index in [9.17, 15) is 4.79 Å². The third kappa shape index (κ3) is 2.08. The molecule has 0 fully saturated rings. The van der Waals surface area contributed by atoms with Gasteiger partial charge in [0, 0.05) is 11.8 Å². The molecule has 3 N–H and O–H groups in total. The Balaban J connectivity index is 2.64. The molecule has 0 saturated heterocycles. The maximum atomic E-state index is 11.1. The molecular weight excluding hydrogens is 218 g/mol. The van der Waals surface area contributed by atoms with Crippen molar-refractivity contribution in [2.24, 2.45) is 0 Å². The predicted octanol–water partition coefficient (Wildman–Crippen LogP) is 1.73. The van der Waals surface area contributed by atoms with E-state index in [1.807, 2.05) is 0 Å². The summed E-state index contributed by atoms with van der Waals surface area (Å²) in [4.78, 5) is 19.0. The van der Waals surface area contributed by atoms with Gasteiger partial charge in [-0.1, -0.05) is 18.2 Å². The summed E-state index contributed by atoms with van der Waals surface area (Å²) in [5.74, 6) is -0.795. The van der Waals surface area contributed by atoms with Crippen LogP contribution in [0.3, 0.4) is 0 Å². The van der Waals surface area contributed by atoms with Gasteiger partial charge in [-0.25, -0.2) is 14.8 Å². The number of nitrogen functional groups attached to an aromatic ring is 1. The number of rotatable bonds is 2. The summed E-state index contributed by atoms with van der Waals surface area (Å²) in [6.45, 7) is 1.77. The lowest BCUT2D eigenvalue weighted by molar-refractivity contribution is 0.0698. The number of aromatic carboxylic acids is 1. The van der Waals surface area contributed by atoms with Crippen molar-refractivity contribution in [2.75, 3.05) is 5.73 Å². The lowest BCUT2D eigenvalue weighted by Gasteiger charge is -2.08. The smallest absolute Gasteiger partial charge is 0.336 e. The summed E-state index contributed by atoms with van der Waals surface area (Å²) in [7, 11) is 0. The molecule has 5 nitrogen and oxygen atoms in total. The molecule has 0 saturated carbocycles. The third-order valence-corrected chi connectivity index (χ3v) is 2.45. The first-order valence-corrected chi connectivity index (χ1v) is 5.01. The Bertz CT molecular complexity index is 582. The Labute approximate surface area is 98.0 Å². The first-order valence-electron chi connectivity index (χ1n) is 5.01. The second kappa shape index (κ2) is 4.21. The van der Waals surface area contributed by atoms with Crippen LogP contribution in [0.5, 0.6) is 0 Å². The van der Waals surface area contributed by atoms with Gasteiger partial charge in [-0.2, -0.15) is 0 Å². The molecule has 17 heavy (non-hydrogen) atoms. The molecule has 0 bridgehead atoms. The first kappa shape index (κ1) is 11.1. The van der Waals surface area contributed by atoms with Crippen molar-refractivity contribution in [2.45, 2.75) is 6.92 Å². The van der Waals surface area contributed by atoms with Crippen molar-refractivity contribution >= 4 is 11.9 Å². The van der Waals surface area contributed by atoms with Gasteiger partial charge in [0.25, 0.3) is 0 Å². The van der Waals surface area contributed by atoms with Crippen LogP contribution in [-0.4, -0.2) is 21.0 Å². The van der Waals surface area contributed by atoms with Gasteiger partial charge in [0.1, 0.15) is 0 Å². The fraction of sp³-hybridized carbons (Fsp3) is 0.0833. The van der Waals surface area contributed by atoms with Crippen molar-refractivity contribution < 1.29 is 9.90 Å². The van der Waals surface area contributed by atoms with E-state index in [4.69, 9.17) is 10.8 Å². The molecule has 2 rings (SSSR count). The molecular formula is C12H11N3O2. The van der Waals surface area contributed by atoms with Gasteiger partial charge in [-0.05, 0) is 18.6 Å². The van der Waals surface area contributed by atoms with Crippen LogP contribution in [0.4, 0.5) is 5.95 Å². The summed E-state index contributed by atoms with van der Waals surface area (Å²) in [5.41, 5.74) is 7.62. The summed E-state index contributed by atoms with van der Waals surface area (Å²) >= 11 is 0. The number of nitrogens with two attached hydrogens (primary N) is 1. The van der Waals surface area contributed by atoms with E-state index in [0.29, 0.717) is 16.8 Å². The van der Waals surface area contributed by atoms with Crippen molar-refractivity contribution in [3.63, 3.8) is 0 Å². The first-order chi connectivity index (χ1) is 8.09. The van der Waals surface area contributed by atoms with Crippen LogP contribution in [0.25, 0.3) is 11.1 Å². The minimum atomic E-state index is -0.975. The molecule has 0 unspecified atom stereocenters. The fourth-order valence-corrected chi connectivity index (χ4v) is 1.65. The topological polar surface area (TPSA) is 89.1 Å². The molecule has 1 heterocycles. The fourth-order valence-electron chi connectivity index (χ4n) is 1.65. The Morgan fingerprint density at radius 1 is 1.29 bits per heavy atom. The zero-order valence-electron chi connectivity index (χ0n) is 9.21. The number of hydrogen-bond acceptors (Lipinski definition) is 4. The number of hydrogen-bond donors (Lipinski definition) is 2. The second-order valence-corrected chi connectivity index (χ2v) is 3.58. The second-order valence-electron chi connectivity index (χ2n) is 3.58. The molecule has 1 aromatic heterocycles. The number of aromatic nitrogens is 2.